The van der Waals surface area contributed by atoms with Gasteiger partial charge >= 0.3 is 0 Å². The summed E-state index contributed by atoms with van der Waals surface area (Å²) in [6.45, 7) is 7.43. The first kappa shape index (κ1) is 28.5. The summed E-state index contributed by atoms with van der Waals surface area (Å²) in [7, 11) is 1.48. The van der Waals surface area contributed by atoms with Crippen molar-refractivity contribution in [1.29, 1.82) is 0 Å². The maximum Gasteiger partial charge on any atom is 0.185 e. The molecular formula is C34H32O5. The van der Waals surface area contributed by atoms with Crippen LogP contribution in [-0.2, 0) is 12.8 Å². The number of hydrogen-bond donors (Lipinski definition) is 3. The average Bonchev–Trinajstić information content (AvgIpc) is 2.95. The van der Waals surface area contributed by atoms with Gasteiger partial charge in [-0.15, -0.1) is 13.2 Å². The molecule has 198 valence electrons. The minimum absolute atomic E-state index is 0.0624. The van der Waals surface area contributed by atoms with Gasteiger partial charge in [0.2, 0.25) is 0 Å². The van der Waals surface area contributed by atoms with Crippen LogP contribution < -0.4 is 4.74 Å². The van der Waals surface area contributed by atoms with E-state index in [4.69, 9.17) is 4.74 Å². The molecule has 0 radical (unpaired) electrons. The lowest BCUT2D eigenvalue weighted by atomic mass is 9.97. The van der Waals surface area contributed by atoms with E-state index in [1.54, 1.807) is 42.5 Å². The van der Waals surface area contributed by atoms with Crippen molar-refractivity contribution in [2.45, 2.75) is 12.8 Å². The molecule has 39 heavy (non-hydrogen) atoms. The molecule has 0 aromatic heterocycles. The molecule has 4 rings (SSSR count). The molecule has 0 aliphatic carbocycles. The molecule has 0 atom stereocenters. The molecule has 5 heteroatoms. The van der Waals surface area contributed by atoms with E-state index in [9.17, 15) is 20.1 Å². The monoisotopic (exact) mass is 520 g/mol. The van der Waals surface area contributed by atoms with Gasteiger partial charge in [-0.1, -0.05) is 66.8 Å². The van der Waals surface area contributed by atoms with E-state index in [0.717, 1.165) is 29.5 Å². The van der Waals surface area contributed by atoms with Gasteiger partial charge in [-0.25, -0.2) is 0 Å². The number of phenols is 3. The number of carbonyl (C=O) groups excluding carboxylic acids is 1. The zero-order valence-electron chi connectivity index (χ0n) is 21.9. The van der Waals surface area contributed by atoms with Crippen molar-refractivity contribution in [3.8, 4) is 34.1 Å². The third kappa shape index (κ3) is 7.98. The van der Waals surface area contributed by atoms with Crippen LogP contribution in [0.15, 0.2) is 116 Å². The summed E-state index contributed by atoms with van der Waals surface area (Å²) in [5, 5.41) is 29.6. The number of methoxy groups -OCH3 is 1. The minimum Gasteiger partial charge on any atom is -0.507 e. The van der Waals surface area contributed by atoms with Crippen molar-refractivity contribution < 1.29 is 24.9 Å². The third-order valence-electron chi connectivity index (χ3n) is 5.86. The molecule has 0 unspecified atom stereocenters. The Morgan fingerprint density at radius 2 is 1.28 bits per heavy atom. The molecule has 5 nitrogen and oxygen atoms in total. The number of benzene rings is 4. The molecule has 0 aliphatic rings. The molecule has 4 aromatic rings. The third-order valence-corrected chi connectivity index (χ3v) is 5.86. The minimum atomic E-state index is -0.0624. The summed E-state index contributed by atoms with van der Waals surface area (Å²) >= 11 is 0. The van der Waals surface area contributed by atoms with Gasteiger partial charge in [0.15, 0.2) is 17.3 Å². The van der Waals surface area contributed by atoms with Gasteiger partial charge in [0.1, 0.15) is 11.5 Å². The van der Waals surface area contributed by atoms with E-state index < -0.39 is 0 Å². The number of hydrogen-bond acceptors (Lipinski definition) is 5. The standard InChI is InChI=1S/C18H18O2.C16H14O3/c1-3-5-13-7-9-17(19)15(11-13)16-12-14(6-4-2)8-10-18(16)20;1-19-16-11-12(8-10-15(16)18)7-9-14(17)13-5-3-2-4-6-13/h3-4,7-12,19-20H,1-2,5-6H2;2-11,18H,1H3/b;9-7+. The average molecular weight is 521 g/mol. The zero-order valence-corrected chi connectivity index (χ0v) is 21.9. The van der Waals surface area contributed by atoms with E-state index in [1.165, 1.54) is 19.3 Å². The lowest BCUT2D eigenvalue weighted by molar-refractivity contribution is 0.104. The van der Waals surface area contributed by atoms with E-state index in [1.807, 2.05) is 54.6 Å². The lowest BCUT2D eigenvalue weighted by Crippen LogP contribution is -1.92. The number of ether oxygens (including phenoxy) is 1. The summed E-state index contributed by atoms with van der Waals surface area (Å²) in [5.41, 5.74) is 4.78. The second-order valence-electron chi connectivity index (χ2n) is 8.68. The first-order valence-corrected chi connectivity index (χ1v) is 12.4. The highest BCUT2D eigenvalue weighted by atomic mass is 16.5. The van der Waals surface area contributed by atoms with Crippen LogP contribution in [0.2, 0.25) is 0 Å². The van der Waals surface area contributed by atoms with Gasteiger partial charge in [0, 0.05) is 16.7 Å². The Bertz CT molecular complexity index is 1410. The van der Waals surface area contributed by atoms with Gasteiger partial charge in [-0.3, -0.25) is 4.79 Å². The number of rotatable bonds is 9. The van der Waals surface area contributed by atoms with Crippen LogP contribution in [0.25, 0.3) is 17.2 Å². The Labute approximate surface area is 229 Å². The Morgan fingerprint density at radius 3 is 1.79 bits per heavy atom. The summed E-state index contributed by atoms with van der Waals surface area (Å²) in [4.78, 5) is 11.9. The SMILES string of the molecule is C=CCc1ccc(O)c(-c2cc(CC=C)ccc2O)c1.COc1cc(/C=C/C(=O)c2ccccc2)ccc1O. The molecule has 0 saturated carbocycles. The van der Waals surface area contributed by atoms with Crippen molar-refractivity contribution in [2.75, 3.05) is 7.11 Å². The first-order valence-electron chi connectivity index (χ1n) is 12.4. The fourth-order valence-corrected chi connectivity index (χ4v) is 3.85. The Balaban J connectivity index is 0.000000216. The predicted molar refractivity (Wildman–Crippen MR) is 157 cm³/mol. The van der Waals surface area contributed by atoms with E-state index >= 15 is 0 Å². The van der Waals surface area contributed by atoms with Gasteiger partial charge in [-0.05, 0) is 72.0 Å². The second-order valence-corrected chi connectivity index (χ2v) is 8.68. The highest BCUT2D eigenvalue weighted by Crippen LogP contribution is 2.36. The Hall–Kier alpha value is -5.03. The molecule has 0 fully saturated rings. The molecule has 3 N–H and O–H groups in total. The van der Waals surface area contributed by atoms with Crippen molar-refractivity contribution in [2.24, 2.45) is 0 Å². The van der Waals surface area contributed by atoms with Gasteiger partial charge in [0.05, 0.1) is 7.11 Å². The van der Waals surface area contributed by atoms with Crippen LogP contribution in [0.4, 0.5) is 0 Å². The van der Waals surface area contributed by atoms with Crippen LogP contribution in [0.3, 0.4) is 0 Å². The molecule has 0 saturated heterocycles. The molecule has 0 heterocycles. The maximum atomic E-state index is 11.9. The number of ketones is 1. The zero-order chi connectivity index (χ0) is 28.2. The fraction of sp³-hybridized carbons (Fsp3) is 0.0882. The molecule has 0 bridgehead atoms. The molecular weight excluding hydrogens is 488 g/mol. The van der Waals surface area contributed by atoms with Crippen molar-refractivity contribution in [3.05, 3.63) is 139 Å². The number of phenolic OH excluding ortho intramolecular Hbond substituents is 3. The number of aromatic hydroxyl groups is 3. The van der Waals surface area contributed by atoms with E-state index in [2.05, 4.69) is 13.2 Å². The number of carbonyl (C=O) groups is 1. The van der Waals surface area contributed by atoms with Crippen molar-refractivity contribution in [1.82, 2.24) is 0 Å². The normalized spacial score (nSPS) is 10.4. The Morgan fingerprint density at radius 1 is 0.744 bits per heavy atom. The molecule has 0 amide bonds. The summed E-state index contributed by atoms with van der Waals surface area (Å²) in [6, 6.07) is 24.7. The quantitative estimate of drug-likeness (QED) is 0.121. The van der Waals surface area contributed by atoms with Gasteiger partial charge < -0.3 is 20.1 Å². The number of allylic oxidation sites excluding steroid dienone is 3. The van der Waals surface area contributed by atoms with E-state index in [-0.39, 0.29) is 23.0 Å². The van der Waals surface area contributed by atoms with Crippen LogP contribution in [-0.4, -0.2) is 28.2 Å². The van der Waals surface area contributed by atoms with Crippen LogP contribution in [0.5, 0.6) is 23.0 Å². The molecule has 0 spiro atoms. The van der Waals surface area contributed by atoms with Crippen molar-refractivity contribution in [3.63, 3.8) is 0 Å². The van der Waals surface area contributed by atoms with Gasteiger partial charge in [0.25, 0.3) is 0 Å². The topological polar surface area (TPSA) is 87.0 Å². The highest BCUT2D eigenvalue weighted by molar-refractivity contribution is 6.06. The first-order chi connectivity index (χ1) is 18.9. The predicted octanol–water partition coefficient (Wildman–Crippen LogP) is 7.52. The fourth-order valence-electron chi connectivity index (χ4n) is 3.85. The molecule has 0 aliphatic heterocycles. The van der Waals surface area contributed by atoms with Gasteiger partial charge in [-0.2, -0.15) is 0 Å². The van der Waals surface area contributed by atoms with Crippen LogP contribution in [0.1, 0.15) is 27.0 Å². The molecule has 4 aromatic carbocycles. The van der Waals surface area contributed by atoms with E-state index in [0.29, 0.717) is 22.4 Å². The smallest absolute Gasteiger partial charge is 0.185 e. The highest BCUT2D eigenvalue weighted by Gasteiger charge is 2.11. The second kappa shape index (κ2) is 14.1. The van der Waals surface area contributed by atoms with Crippen LogP contribution >= 0.6 is 0 Å². The summed E-state index contributed by atoms with van der Waals surface area (Å²) < 4.78 is 5.01. The largest absolute Gasteiger partial charge is 0.507 e. The summed E-state index contributed by atoms with van der Waals surface area (Å²) in [5.74, 6) is 0.712. The van der Waals surface area contributed by atoms with Crippen molar-refractivity contribution >= 4 is 11.9 Å². The maximum absolute atomic E-state index is 11.9. The summed E-state index contributed by atoms with van der Waals surface area (Å²) in [6.07, 6.45) is 8.26. The Kier molecular flexibility index (Phi) is 10.3. The van der Waals surface area contributed by atoms with Crippen LogP contribution in [0, 0.1) is 0 Å². The lowest BCUT2D eigenvalue weighted by Gasteiger charge is -2.10.